The second-order valence-corrected chi connectivity index (χ2v) is 5.18. The number of likely N-dealkylation sites (tertiary alicyclic amines) is 1. The summed E-state index contributed by atoms with van der Waals surface area (Å²) in [6.45, 7) is 0.943. The van der Waals surface area contributed by atoms with Gasteiger partial charge >= 0.3 is 12.0 Å². The Bertz CT molecular complexity index is 588. The number of hydrogen-bond donors (Lipinski definition) is 2. The fourth-order valence-electron chi connectivity index (χ4n) is 2.58. The van der Waals surface area contributed by atoms with Crippen LogP contribution in [0, 0.1) is 5.92 Å². The van der Waals surface area contributed by atoms with Gasteiger partial charge < -0.3 is 20.7 Å². The number of esters is 1. The summed E-state index contributed by atoms with van der Waals surface area (Å²) in [5.41, 5.74) is 5.96. The van der Waals surface area contributed by atoms with Gasteiger partial charge in [-0.25, -0.2) is 4.79 Å². The summed E-state index contributed by atoms with van der Waals surface area (Å²) < 4.78 is 4.75. The first-order valence-electron chi connectivity index (χ1n) is 7.05. The molecule has 1 atom stereocenters. The Kier molecular flexibility index (Phi) is 4.98. The van der Waals surface area contributed by atoms with Crippen LogP contribution in [0.1, 0.15) is 23.2 Å². The predicted molar refractivity (Wildman–Crippen MR) is 80.3 cm³/mol. The Morgan fingerprint density at radius 2 is 2.14 bits per heavy atom. The molecule has 0 aromatic heterocycles. The molecule has 7 heteroatoms. The zero-order chi connectivity index (χ0) is 16.1. The number of piperidine rings is 1. The summed E-state index contributed by atoms with van der Waals surface area (Å²) in [5.74, 6) is -0.752. The van der Waals surface area contributed by atoms with Crippen LogP contribution in [-0.4, -0.2) is 43.0 Å². The lowest BCUT2D eigenvalue weighted by molar-refractivity contribution is -0.146. The van der Waals surface area contributed by atoms with E-state index in [-0.39, 0.29) is 17.8 Å². The first-order chi connectivity index (χ1) is 10.5. The number of amides is 3. The van der Waals surface area contributed by atoms with E-state index in [4.69, 9.17) is 10.5 Å². The van der Waals surface area contributed by atoms with Crippen molar-refractivity contribution in [1.82, 2.24) is 4.90 Å². The molecule has 1 fully saturated rings. The van der Waals surface area contributed by atoms with Gasteiger partial charge in [-0.2, -0.15) is 0 Å². The van der Waals surface area contributed by atoms with Crippen molar-refractivity contribution in [2.45, 2.75) is 12.8 Å². The number of primary amides is 1. The van der Waals surface area contributed by atoms with Crippen LogP contribution in [0.2, 0.25) is 0 Å². The van der Waals surface area contributed by atoms with E-state index in [1.165, 1.54) is 7.11 Å². The van der Waals surface area contributed by atoms with Crippen LogP contribution in [0.5, 0.6) is 0 Å². The first kappa shape index (κ1) is 15.8. The van der Waals surface area contributed by atoms with Crippen LogP contribution in [0.15, 0.2) is 24.3 Å². The third-order valence-corrected chi connectivity index (χ3v) is 3.62. The number of carbonyl (C=O) groups is 3. The maximum atomic E-state index is 12.5. The van der Waals surface area contributed by atoms with Crippen molar-refractivity contribution < 1.29 is 19.1 Å². The first-order valence-corrected chi connectivity index (χ1v) is 7.05. The average Bonchev–Trinajstić information content (AvgIpc) is 2.53. The van der Waals surface area contributed by atoms with Gasteiger partial charge in [0, 0.05) is 24.3 Å². The molecule has 1 aromatic carbocycles. The number of anilines is 1. The molecule has 0 radical (unpaired) electrons. The number of nitrogens with two attached hydrogens (primary N) is 1. The van der Waals surface area contributed by atoms with Gasteiger partial charge in [0.1, 0.15) is 0 Å². The molecule has 118 valence electrons. The zero-order valence-electron chi connectivity index (χ0n) is 12.4. The van der Waals surface area contributed by atoms with Crippen LogP contribution >= 0.6 is 0 Å². The highest BCUT2D eigenvalue weighted by Crippen LogP contribution is 2.20. The van der Waals surface area contributed by atoms with E-state index in [0.29, 0.717) is 24.3 Å². The van der Waals surface area contributed by atoms with Crippen LogP contribution in [0.4, 0.5) is 10.5 Å². The molecule has 22 heavy (non-hydrogen) atoms. The largest absolute Gasteiger partial charge is 0.469 e. The van der Waals surface area contributed by atoms with E-state index in [0.717, 1.165) is 12.8 Å². The summed E-state index contributed by atoms with van der Waals surface area (Å²) in [6, 6.07) is 5.86. The highest BCUT2D eigenvalue weighted by atomic mass is 16.5. The monoisotopic (exact) mass is 305 g/mol. The maximum Gasteiger partial charge on any atom is 0.316 e. The number of benzene rings is 1. The van der Waals surface area contributed by atoms with Crippen molar-refractivity contribution >= 4 is 23.6 Å². The van der Waals surface area contributed by atoms with Gasteiger partial charge in [-0.05, 0) is 31.0 Å². The minimum atomic E-state index is -0.687. The molecular weight excluding hydrogens is 286 g/mol. The normalized spacial score (nSPS) is 17.7. The van der Waals surface area contributed by atoms with Gasteiger partial charge in [0.05, 0.1) is 13.0 Å². The van der Waals surface area contributed by atoms with Gasteiger partial charge in [0.15, 0.2) is 0 Å². The molecule has 0 saturated carbocycles. The molecule has 0 bridgehead atoms. The molecule has 0 aliphatic carbocycles. The quantitative estimate of drug-likeness (QED) is 0.819. The van der Waals surface area contributed by atoms with E-state index in [2.05, 4.69) is 5.32 Å². The summed E-state index contributed by atoms with van der Waals surface area (Å²) in [6.07, 6.45) is 1.48. The van der Waals surface area contributed by atoms with E-state index >= 15 is 0 Å². The minimum absolute atomic E-state index is 0.179. The van der Waals surface area contributed by atoms with Gasteiger partial charge in [-0.15, -0.1) is 0 Å². The highest BCUT2D eigenvalue weighted by Gasteiger charge is 2.29. The van der Waals surface area contributed by atoms with Crippen LogP contribution in [0.3, 0.4) is 0 Å². The fraction of sp³-hybridized carbons (Fsp3) is 0.400. The van der Waals surface area contributed by atoms with Gasteiger partial charge in [0.2, 0.25) is 0 Å². The van der Waals surface area contributed by atoms with Crippen LogP contribution in [0.25, 0.3) is 0 Å². The molecule has 1 aliphatic rings. The Hall–Kier alpha value is -2.57. The number of hydrogen-bond acceptors (Lipinski definition) is 4. The van der Waals surface area contributed by atoms with Crippen LogP contribution in [-0.2, 0) is 9.53 Å². The zero-order valence-corrected chi connectivity index (χ0v) is 12.4. The number of rotatable bonds is 3. The van der Waals surface area contributed by atoms with E-state index < -0.39 is 6.03 Å². The second-order valence-electron chi connectivity index (χ2n) is 5.18. The molecule has 3 amide bonds. The topological polar surface area (TPSA) is 102 Å². The molecule has 1 unspecified atom stereocenters. The SMILES string of the molecule is COC(=O)C1CCCN(C(=O)c2cccc(NC(N)=O)c2)C1. The van der Waals surface area contributed by atoms with Crippen molar-refractivity contribution in [3.8, 4) is 0 Å². The average molecular weight is 305 g/mol. The summed E-state index contributed by atoms with van der Waals surface area (Å²) in [7, 11) is 1.35. The Labute approximate surface area is 128 Å². The van der Waals surface area contributed by atoms with Gasteiger partial charge in [0.25, 0.3) is 5.91 Å². The van der Waals surface area contributed by atoms with Crippen molar-refractivity contribution in [2.24, 2.45) is 11.7 Å². The Morgan fingerprint density at radius 3 is 2.82 bits per heavy atom. The van der Waals surface area contributed by atoms with Crippen LogP contribution < -0.4 is 11.1 Å². The summed E-state index contributed by atoms with van der Waals surface area (Å²) in [5, 5.41) is 2.43. The fourth-order valence-corrected chi connectivity index (χ4v) is 2.58. The smallest absolute Gasteiger partial charge is 0.316 e. The van der Waals surface area contributed by atoms with E-state index in [1.807, 2.05) is 0 Å². The summed E-state index contributed by atoms with van der Waals surface area (Å²) in [4.78, 5) is 36.6. The van der Waals surface area contributed by atoms with Crippen molar-refractivity contribution in [1.29, 1.82) is 0 Å². The third-order valence-electron chi connectivity index (χ3n) is 3.62. The Balaban J connectivity index is 2.10. The molecule has 1 aliphatic heterocycles. The van der Waals surface area contributed by atoms with E-state index in [9.17, 15) is 14.4 Å². The third kappa shape index (κ3) is 3.75. The molecule has 1 heterocycles. The lowest BCUT2D eigenvalue weighted by Gasteiger charge is -2.31. The summed E-state index contributed by atoms with van der Waals surface area (Å²) >= 11 is 0. The van der Waals surface area contributed by atoms with Gasteiger partial charge in [-0.1, -0.05) is 6.07 Å². The molecule has 0 spiro atoms. The molecule has 1 aromatic rings. The number of methoxy groups -OCH3 is 1. The molecule has 3 N–H and O–H groups in total. The number of ether oxygens (including phenoxy) is 1. The Morgan fingerprint density at radius 1 is 1.36 bits per heavy atom. The van der Waals surface area contributed by atoms with Gasteiger partial charge in [-0.3, -0.25) is 9.59 Å². The lowest BCUT2D eigenvalue weighted by atomic mass is 9.97. The number of carbonyl (C=O) groups excluding carboxylic acids is 3. The molecule has 1 saturated heterocycles. The lowest BCUT2D eigenvalue weighted by Crippen LogP contribution is -2.42. The van der Waals surface area contributed by atoms with E-state index in [1.54, 1.807) is 29.2 Å². The number of nitrogens with zero attached hydrogens (tertiary/aromatic N) is 1. The molecule has 7 nitrogen and oxygen atoms in total. The number of nitrogens with one attached hydrogen (secondary N) is 1. The second kappa shape index (κ2) is 6.93. The maximum absolute atomic E-state index is 12.5. The van der Waals surface area contributed by atoms with Crippen molar-refractivity contribution in [3.05, 3.63) is 29.8 Å². The highest BCUT2D eigenvalue weighted by molar-refractivity contribution is 5.97. The predicted octanol–water partition coefficient (Wildman–Crippen LogP) is 1.20. The number of urea groups is 1. The van der Waals surface area contributed by atoms with Crippen molar-refractivity contribution in [3.63, 3.8) is 0 Å². The van der Waals surface area contributed by atoms with Crippen molar-refractivity contribution in [2.75, 3.05) is 25.5 Å². The molecular formula is C15H19N3O4. The minimum Gasteiger partial charge on any atom is -0.469 e. The molecule has 2 rings (SSSR count). The standard InChI is InChI=1S/C15H19N3O4/c1-22-14(20)11-5-3-7-18(9-11)13(19)10-4-2-6-12(8-10)17-15(16)21/h2,4,6,8,11H,3,5,7,9H2,1H3,(H3,16,17,21).